The van der Waals surface area contributed by atoms with Crippen molar-refractivity contribution in [3.8, 4) is 11.1 Å². The quantitative estimate of drug-likeness (QED) is 0.601. The Bertz CT molecular complexity index is 1120. The molecule has 0 bridgehead atoms. The molecule has 0 atom stereocenters. The molecular formula is C19H14FN3OS. The highest BCUT2D eigenvalue weighted by molar-refractivity contribution is 7.99. The average molecular weight is 351 g/mol. The first kappa shape index (κ1) is 15.7. The molecule has 4 nitrogen and oxygen atoms in total. The topological polar surface area (TPSA) is 50.7 Å². The Balaban J connectivity index is 1.83. The van der Waals surface area contributed by atoms with Crippen molar-refractivity contribution < 1.29 is 4.39 Å². The minimum absolute atomic E-state index is 0.0691. The Kier molecular flexibility index (Phi) is 3.89. The van der Waals surface area contributed by atoms with Gasteiger partial charge in [-0.1, -0.05) is 17.8 Å². The first-order chi connectivity index (χ1) is 12.1. The van der Waals surface area contributed by atoms with Crippen molar-refractivity contribution in [2.24, 2.45) is 7.05 Å². The summed E-state index contributed by atoms with van der Waals surface area (Å²) in [6.45, 7) is 0. The maximum atomic E-state index is 13.1. The Morgan fingerprint density at radius 3 is 2.72 bits per heavy atom. The lowest BCUT2D eigenvalue weighted by Gasteiger charge is -2.07. The van der Waals surface area contributed by atoms with Crippen LogP contribution < -0.4 is 5.56 Å². The van der Waals surface area contributed by atoms with E-state index >= 15 is 0 Å². The Morgan fingerprint density at radius 1 is 1.12 bits per heavy atom. The molecule has 0 unspecified atom stereocenters. The van der Waals surface area contributed by atoms with E-state index in [0.717, 1.165) is 26.4 Å². The summed E-state index contributed by atoms with van der Waals surface area (Å²) in [5, 5.41) is 1.66. The summed E-state index contributed by atoms with van der Waals surface area (Å²) in [7, 11) is 1.72. The van der Waals surface area contributed by atoms with Gasteiger partial charge < -0.3 is 9.55 Å². The number of aromatic nitrogens is 3. The van der Waals surface area contributed by atoms with Gasteiger partial charge >= 0.3 is 0 Å². The number of hydrogen-bond acceptors (Lipinski definition) is 3. The second kappa shape index (κ2) is 6.22. The molecule has 25 heavy (non-hydrogen) atoms. The Hall–Kier alpha value is -2.86. The van der Waals surface area contributed by atoms with Crippen LogP contribution in [0.2, 0.25) is 0 Å². The Morgan fingerprint density at radius 2 is 1.92 bits per heavy atom. The molecule has 0 aliphatic rings. The highest BCUT2D eigenvalue weighted by Gasteiger charge is 2.14. The van der Waals surface area contributed by atoms with Gasteiger partial charge in [-0.05, 0) is 36.4 Å². The van der Waals surface area contributed by atoms with Crippen molar-refractivity contribution in [1.82, 2.24) is 14.5 Å². The molecule has 3 aromatic heterocycles. The lowest BCUT2D eigenvalue weighted by atomic mass is 10.1. The van der Waals surface area contributed by atoms with Crippen molar-refractivity contribution in [3.63, 3.8) is 0 Å². The molecule has 6 heteroatoms. The molecule has 4 rings (SSSR count). The molecule has 4 aromatic rings. The number of rotatable bonds is 3. The van der Waals surface area contributed by atoms with Crippen LogP contribution in [0, 0.1) is 5.82 Å². The van der Waals surface area contributed by atoms with Crippen LogP contribution in [-0.4, -0.2) is 14.5 Å². The van der Waals surface area contributed by atoms with E-state index in [2.05, 4.69) is 9.97 Å². The zero-order chi connectivity index (χ0) is 17.4. The van der Waals surface area contributed by atoms with Gasteiger partial charge in [0.15, 0.2) is 0 Å². The summed E-state index contributed by atoms with van der Waals surface area (Å²) in [5.41, 5.74) is 2.35. The second-order valence-corrected chi connectivity index (χ2v) is 6.70. The second-order valence-electron chi connectivity index (χ2n) is 5.63. The molecule has 1 aromatic carbocycles. The molecule has 124 valence electrons. The van der Waals surface area contributed by atoms with Gasteiger partial charge in [0, 0.05) is 47.0 Å². The normalized spacial score (nSPS) is 11.1. The zero-order valence-electron chi connectivity index (χ0n) is 13.4. The standard InChI is InChI=1S/C19H14FN3OS/c1-23-10-8-14-16(11-22-17(14)19(23)24)15-3-2-9-21-18(15)25-13-6-4-12(20)5-7-13/h2-11,22H,1H3. The third kappa shape index (κ3) is 2.85. The first-order valence-corrected chi connectivity index (χ1v) is 8.50. The summed E-state index contributed by atoms with van der Waals surface area (Å²) >= 11 is 1.46. The van der Waals surface area contributed by atoms with E-state index in [9.17, 15) is 9.18 Å². The number of nitrogens with one attached hydrogen (secondary N) is 1. The van der Waals surface area contributed by atoms with Gasteiger partial charge in [0.05, 0.1) is 0 Å². The number of halogens is 1. The molecule has 1 N–H and O–H groups in total. The van der Waals surface area contributed by atoms with Crippen LogP contribution >= 0.6 is 11.8 Å². The van der Waals surface area contributed by atoms with Crippen molar-refractivity contribution >= 4 is 22.7 Å². The smallest absolute Gasteiger partial charge is 0.274 e. The van der Waals surface area contributed by atoms with Crippen LogP contribution in [0.5, 0.6) is 0 Å². The number of nitrogens with zero attached hydrogens (tertiary/aromatic N) is 2. The number of fused-ring (bicyclic) bond motifs is 1. The SMILES string of the molecule is Cn1ccc2c(-c3cccnc3Sc3ccc(F)cc3)c[nH]c2c1=O. The van der Waals surface area contributed by atoms with Crippen LogP contribution in [0.25, 0.3) is 22.0 Å². The predicted octanol–water partition coefficient (Wildman–Crippen LogP) is 4.22. The van der Waals surface area contributed by atoms with Crippen molar-refractivity contribution in [1.29, 1.82) is 0 Å². The maximum absolute atomic E-state index is 13.1. The van der Waals surface area contributed by atoms with Gasteiger partial charge in [-0.15, -0.1) is 0 Å². The van der Waals surface area contributed by atoms with Gasteiger partial charge in [-0.3, -0.25) is 4.79 Å². The molecule has 0 saturated heterocycles. The number of hydrogen-bond donors (Lipinski definition) is 1. The largest absolute Gasteiger partial charge is 0.356 e. The van der Waals surface area contributed by atoms with Gasteiger partial charge in [0.2, 0.25) is 0 Å². The van der Waals surface area contributed by atoms with Gasteiger partial charge in [0.1, 0.15) is 16.4 Å². The molecule has 0 aliphatic carbocycles. The molecule has 0 spiro atoms. The average Bonchev–Trinajstić information content (AvgIpc) is 3.05. The molecule has 0 aliphatic heterocycles. The number of benzene rings is 1. The lowest BCUT2D eigenvalue weighted by molar-refractivity contribution is 0.626. The minimum atomic E-state index is -0.266. The van der Waals surface area contributed by atoms with E-state index in [1.54, 1.807) is 36.1 Å². The molecule has 0 radical (unpaired) electrons. The predicted molar refractivity (Wildman–Crippen MR) is 97.3 cm³/mol. The van der Waals surface area contributed by atoms with Crippen LogP contribution in [0.4, 0.5) is 4.39 Å². The monoisotopic (exact) mass is 351 g/mol. The van der Waals surface area contributed by atoms with Gasteiger partial charge in [-0.25, -0.2) is 9.37 Å². The number of H-pyrrole nitrogens is 1. The maximum Gasteiger partial charge on any atom is 0.274 e. The highest BCUT2D eigenvalue weighted by Crippen LogP contribution is 2.36. The fourth-order valence-corrected chi connectivity index (χ4v) is 3.63. The van der Waals surface area contributed by atoms with Crippen LogP contribution in [0.15, 0.2) is 75.8 Å². The summed E-state index contributed by atoms with van der Waals surface area (Å²) in [4.78, 5) is 20.7. The first-order valence-electron chi connectivity index (χ1n) is 7.69. The van der Waals surface area contributed by atoms with E-state index in [0.29, 0.717) is 5.52 Å². The van der Waals surface area contributed by atoms with Crippen molar-refractivity contribution in [2.75, 3.05) is 0 Å². The molecular weight excluding hydrogens is 337 g/mol. The molecule has 0 amide bonds. The summed E-state index contributed by atoms with van der Waals surface area (Å²) in [5.74, 6) is -0.266. The van der Waals surface area contributed by atoms with E-state index in [4.69, 9.17) is 0 Å². The van der Waals surface area contributed by atoms with Crippen molar-refractivity contribution in [2.45, 2.75) is 9.92 Å². The summed E-state index contributed by atoms with van der Waals surface area (Å²) in [6.07, 6.45) is 5.31. The van der Waals surface area contributed by atoms with Gasteiger partial charge in [-0.2, -0.15) is 0 Å². The van der Waals surface area contributed by atoms with E-state index in [1.165, 1.54) is 23.9 Å². The van der Waals surface area contributed by atoms with E-state index in [-0.39, 0.29) is 11.4 Å². The number of pyridine rings is 2. The Labute approximate surface area is 147 Å². The third-order valence-corrected chi connectivity index (χ3v) is 5.04. The van der Waals surface area contributed by atoms with Crippen LogP contribution in [0.1, 0.15) is 0 Å². The van der Waals surface area contributed by atoms with E-state index < -0.39 is 0 Å². The molecule has 3 heterocycles. The lowest BCUT2D eigenvalue weighted by Crippen LogP contribution is -2.15. The zero-order valence-corrected chi connectivity index (χ0v) is 14.2. The van der Waals surface area contributed by atoms with Crippen LogP contribution in [0.3, 0.4) is 0 Å². The highest BCUT2D eigenvalue weighted by atomic mass is 32.2. The summed E-state index contributed by atoms with van der Waals surface area (Å²) in [6, 6.07) is 12.1. The number of aryl methyl sites for hydroxylation is 1. The third-order valence-electron chi connectivity index (χ3n) is 4.01. The fourth-order valence-electron chi connectivity index (χ4n) is 2.73. The minimum Gasteiger partial charge on any atom is -0.356 e. The summed E-state index contributed by atoms with van der Waals surface area (Å²) < 4.78 is 14.7. The van der Waals surface area contributed by atoms with Crippen molar-refractivity contribution in [3.05, 3.63) is 77.2 Å². The van der Waals surface area contributed by atoms with Crippen LogP contribution in [-0.2, 0) is 7.05 Å². The fraction of sp³-hybridized carbons (Fsp3) is 0.0526. The van der Waals surface area contributed by atoms with Gasteiger partial charge in [0.25, 0.3) is 5.56 Å². The van der Waals surface area contributed by atoms with E-state index in [1.807, 2.05) is 24.4 Å². The molecule has 0 fully saturated rings. The molecule has 0 saturated carbocycles. The number of aromatic amines is 1.